The van der Waals surface area contributed by atoms with Crippen LogP contribution >= 0.6 is 11.6 Å². The first-order valence-electron chi connectivity index (χ1n) is 7.18. The van der Waals surface area contributed by atoms with Gasteiger partial charge in [0.2, 0.25) is 0 Å². The first-order valence-corrected chi connectivity index (χ1v) is 7.56. The van der Waals surface area contributed by atoms with Crippen molar-refractivity contribution >= 4 is 23.1 Å². The first kappa shape index (κ1) is 14.2. The number of rotatable bonds is 3. The quantitative estimate of drug-likeness (QED) is 0.946. The molecule has 1 aliphatic heterocycles. The Hall–Kier alpha value is -1.78. The van der Waals surface area contributed by atoms with E-state index >= 15 is 0 Å². The van der Waals surface area contributed by atoms with Crippen LogP contribution in [0.3, 0.4) is 0 Å². The summed E-state index contributed by atoms with van der Waals surface area (Å²) in [5.41, 5.74) is 7.70. The third-order valence-electron chi connectivity index (χ3n) is 3.80. The molecule has 1 aromatic heterocycles. The Kier molecular flexibility index (Phi) is 4.27. The van der Waals surface area contributed by atoms with E-state index in [-0.39, 0.29) is 0 Å². The molecule has 2 N–H and O–H groups in total. The Morgan fingerprint density at radius 1 is 0.952 bits per heavy atom. The molecule has 110 valence electrons. The molecule has 0 radical (unpaired) electrons. The minimum Gasteiger partial charge on any atom is -0.367 e. The van der Waals surface area contributed by atoms with E-state index in [1.54, 1.807) is 0 Å². The van der Waals surface area contributed by atoms with Gasteiger partial charge in [0, 0.05) is 32.7 Å². The monoisotopic (exact) mass is 302 g/mol. The molecular formula is C16H19ClN4. The second-order valence-corrected chi connectivity index (χ2v) is 5.52. The zero-order valence-electron chi connectivity index (χ0n) is 11.9. The zero-order chi connectivity index (χ0) is 14.7. The van der Waals surface area contributed by atoms with E-state index in [0.29, 0.717) is 6.54 Å². The predicted octanol–water partition coefficient (Wildman–Crippen LogP) is 2.52. The number of nitrogens with two attached hydrogens (primary N) is 1. The number of para-hydroxylation sites is 1. The van der Waals surface area contributed by atoms with Crippen molar-refractivity contribution in [2.75, 3.05) is 36.0 Å². The molecule has 0 aliphatic carbocycles. The SMILES string of the molecule is NCc1cccc(N2CCN(c3ccccc3Cl)CC2)n1. The van der Waals surface area contributed by atoms with E-state index < -0.39 is 0 Å². The van der Waals surface area contributed by atoms with Crippen molar-refractivity contribution in [3.63, 3.8) is 0 Å². The summed E-state index contributed by atoms with van der Waals surface area (Å²) in [6, 6.07) is 14.0. The van der Waals surface area contributed by atoms with Gasteiger partial charge in [0.05, 0.1) is 16.4 Å². The van der Waals surface area contributed by atoms with E-state index in [4.69, 9.17) is 17.3 Å². The lowest BCUT2D eigenvalue weighted by atomic mass is 10.2. The number of hydrogen-bond acceptors (Lipinski definition) is 4. The lowest BCUT2D eigenvalue weighted by Crippen LogP contribution is -2.47. The number of nitrogens with zero attached hydrogens (tertiary/aromatic N) is 3. The first-order chi connectivity index (χ1) is 10.3. The fourth-order valence-electron chi connectivity index (χ4n) is 2.64. The van der Waals surface area contributed by atoms with Crippen molar-refractivity contribution in [2.45, 2.75) is 6.54 Å². The summed E-state index contributed by atoms with van der Waals surface area (Å²) in [4.78, 5) is 9.21. The number of piperazine rings is 1. The maximum Gasteiger partial charge on any atom is 0.128 e. The van der Waals surface area contributed by atoms with Gasteiger partial charge in [-0.3, -0.25) is 0 Å². The molecule has 21 heavy (non-hydrogen) atoms. The molecular weight excluding hydrogens is 284 g/mol. The molecule has 0 amide bonds. The Labute approximate surface area is 130 Å². The Balaban J connectivity index is 1.69. The van der Waals surface area contributed by atoms with Crippen LogP contribution < -0.4 is 15.5 Å². The fourth-order valence-corrected chi connectivity index (χ4v) is 2.90. The molecule has 2 heterocycles. The van der Waals surface area contributed by atoms with E-state index in [1.165, 1.54) is 0 Å². The van der Waals surface area contributed by atoms with Gasteiger partial charge < -0.3 is 15.5 Å². The van der Waals surface area contributed by atoms with Crippen LogP contribution in [0.4, 0.5) is 11.5 Å². The molecule has 1 aliphatic rings. The van der Waals surface area contributed by atoms with Crippen LogP contribution in [0.25, 0.3) is 0 Å². The normalized spacial score (nSPS) is 15.3. The van der Waals surface area contributed by atoms with Crippen LogP contribution in [0.2, 0.25) is 5.02 Å². The van der Waals surface area contributed by atoms with Crippen LogP contribution in [0.1, 0.15) is 5.69 Å². The number of aromatic nitrogens is 1. The van der Waals surface area contributed by atoms with E-state index in [9.17, 15) is 0 Å². The maximum atomic E-state index is 6.27. The second kappa shape index (κ2) is 6.33. The largest absolute Gasteiger partial charge is 0.367 e. The lowest BCUT2D eigenvalue weighted by Gasteiger charge is -2.37. The summed E-state index contributed by atoms with van der Waals surface area (Å²) >= 11 is 6.27. The highest BCUT2D eigenvalue weighted by Gasteiger charge is 2.19. The Morgan fingerprint density at radius 2 is 1.67 bits per heavy atom. The van der Waals surface area contributed by atoms with Crippen LogP contribution in [-0.4, -0.2) is 31.2 Å². The smallest absolute Gasteiger partial charge is 0.128 e. The van der Waals surface area contributed by atoms with Gasteiger partial charge in [0.15, 0.2) is 0 Å². The topological polar surface area (TPSA) is 45.4 Å². The van der Waals surface area contributed by atoms with E-state index in [1.807, 2.05) is 36.4 Å². The molecule has 1 aromatic carbocycles. The molecule has 0 unspecified atom stereocenters. The predicted molar refractivity (Wildman–Crippen MR) is 88.0 cm³/mol. The zero-order valence-corrected chi connectivity index (χ0v) is 12.6. The van der Waals surface area contributed by atoms with Crippen LogP contribution in [-0.2, 0) is 6.54 Å². The fraction of sp³-hybridized carbons (Fsp3) is 0.312. The van der Waals surface area contributed by atoms with E-state index in [2.05, 4.69) is 20.9 Å². The minimum absolute atomic E-state index is 0.480. The van der Waals surface area contributed by atoms with Crippen LogP contribution in [0.5, 0.6) is 0 Å². The number of pyridine rings is 1. The van der Waals surface area contributed by atoms with Crippen molar-refractivity contribution in [3.05, 3.63) is 53.2 Å². The number of benzene rings is 1. The van der Waals surface area contributed by atoms with Gasteiger partial charge in [-0.1, -0.05) is 29.8 Å². The maximum absolute atomic E-state index is 6.27. The van der Waals surface area contributed by atoms with Gasteiger partial charge in [-0.15, -0.1) is 0 Å². The van der Waals surface area contributed by atoms with Gasteiger partial charge in [-0.2, -0.15) is 0 Å². The molecule has 1 fully saturated rings. The summed E-state index contributed by atoms with van der Waals surface area (Å²) in [5.74, 6) is 1.01. The van der Waals surface area contributed by atoms with Crippen molar-refractivity contribution in [3.8, 4) is 0 Å². The van der Waals surface area contributed by atoms with Crippen molar-refractivity contribution < 1.29 is 0 Å². The summed E-state index contributed by atoms with van der Waals surface area (Å²) in [5, 5.41) is 0.814. The lowest BCUT2D eigenvalue weighted by molar-refractivity contribution is 0.646. The standard InChI is InChI=1S/C16H19ClN4/c17-14-5-1-2-6-15(14)20-8-10-21(11-9-20)16-7-3-4-13(12-18)19-16/h1-7H,8-12,18H2. The highest BCUT2D eigenvalue weighted by Crippen LogP contribution is 2.26. The Morgan fingerprint density at radius 3 is 2.38 bits per heavy atom. The summed E-state index contributed by atoms with van der Waals surface area (Å²) in [6.45, 7) is 4.24. The van der Waals surface area contributed by atoms with Gasteiger partial charge >= 0.3 is 0 Å². The molecule has 3 rings (SSSR count). The van der Waals surface area contributed by atoms with E-state index in [0.717, 1.165) is 48.4 Å². The van der Waals surface area contributed by atoms with Crippen molar-refractivity contribution in [1.29, 1.82) is 0 Å². The van der Waals surface area contributed by atoms with Crippen molar-refractivity contribution in [1.82, 2.24) is 4.98 Å². The summed E-state index contributed by atoms with van der Waals surface area (Å²) < 4.78 is 0. The Bertz CT molecular complexity index is 609. The molecule has 0 bridgehead atoms. The minimum atomic E-state index is 0.480. The van der Waals surface area contributed by atoms with Gasteiger partial charge in [0.25, 0.3) is 0 Å². The summed E-state index contributed by atoms with van der Waals surface area (Å²) in [6.07, 6.45) is 0. The number of hydrogen-bond donors (Lipinski definition) is 1. The highest BCUT2D eigenvalue weighted by atomic mass is 35.5. The third kappa shape index (κ3) is 3.12. The number of anilines is 2. The van der Waals surface area contributed by atoms with Crippen LogP contribution in [0, 0.1) is 0 Å². The van der Waals surface area contributed by atoms with Gasteiger partial charge in [0.1, 0.15) is 5.82 Å². The van der Waals surface area contributed by atoms with Crippen molar-refractivity contribution in [2.24, 2.45) is 5.73 Å². The third-order valence-corrected chi connectivity index (χ3v) is 4.12. The molecule has 0 atom stereocenters. The molecule has 0 spiro atoms. The summed E-state index contributed by atoms with van der Waals surface area (Å²) in [7, 11) is 0. The molecule has 5 heteroatoms. The molecule has 1 saturated heterocycles. The second-order valence-electron chi connectivity index (χ2n) is 5.12. The van der Waals surface area contributed by atoms with Crippen LogP contribution in [0.15, 0.2) is 42.5 Å². The van der Waals surface area contributed by atoms with Gasteiger partial charge in [-0.25, -0.2) is 4.98 Å². The highest BCUT2D eigenvalue weighted by molar-refractivity contribution is 6.33. The van der Waals surface area contributed by atoms with Gasteiger partial charge in [-0.05, 0) is 24.3 Å². The average Bonchev–Trinajstić information content (AvgIpc) is 2.56. The number of halogens is 1. The average molecular weight is 303 g/mol. The molecule has 2 aromatic rings. The molecule has 4 nitrogen and oxygen atoms in total. The molecule has 0 saturated carbocycles.